The van der Waals surface area contributed by atoms with Gasteiger partial charge in [0.15, 0.2) is 5.13 Å². The summed E-state index contributed by atoms with van der Waals surface area (Å²) in [5.74, 6) is 0.449. The normalized spacial score (nSPS) is 16.2. The van der Waals surface area contributed by atoms with Crippen LogP contribution in [0.2, 0.25) is 5.02 Å². The van der Waals surface area contributed by atoms with E-state index in [1.807, 2.05) is 55.5 Å². The maximum atomic E-state index is 14.1. The third-order valence-electron chi connectivity index (χ3n) is 6.25. The van der Waals surface area contributed by atoms with Gasteiger partial charge in [0.05, 0.1) is 28.3 Å². The molecule has 1 unspecified atom stereocenters. The van der Waals surface area contributed by atoms with Crippen molar-refractivity contribution in [3.05, 3.63) is 83.4 Å². The molecule has 0 radical (unpaired) electrons. The van der Waals surface area contributed by atoms with Gasteiger partial charge in [0.1, 0.15) is 11.8 Å². The number of aromatic nitrogens is 1. The fourth-order valence-corrected chi connectivity index (χ4v) is 7.24. The van der Waals surface area contributed by atoms with Crippen molar-refractivity contribution in [2.24, 2.45) is 0 Å². The number of nitrogens with zero attached hydrogens (tertiary/aromatic N) is 3. The van der Waals surface area contributed by atoms with E-state index in [1.54, 1.807) is 17.0 Å². The van der Waals surface area contributed by atoms with Gasteiger partial charge in [-0.1, -0.05) is 53.3 Å². The average Bonchev–Trinajstić information content (AvgIpc) is 3.56. The van der Waals surface area contributed by atoms with Gasteiger partial charge >= 0.3 is 0 Å². The molecule has 37 heavy (non-hydrogen) atoms. The Labute approximate surface area is 225 Å². The monoisotopic (exact) mass is 555 g/mol. The van der Waals surface area contributed by atoms with E-state index in [-0.39, 0.29) is 23.9 Å². The number of sulfonamides is 1. The number of anilines is 1. The van der Waals surface area contributed by atoms with Gasteiger partial charge in [-0.05, 0) is 67.8 Å². The summed E-state index contributed by atoms with van der Waals surface area (Å²) in [7, 11) is -3.88. The molecule has 1 amide bonds. The van der Waals surface area contributed by atoms with Crippen LogP contribution in [0.25, 0.3) is 10.2 Å². The Morgan fingerprint density at radius 2 is 1.89 bits per heavy atom. The highest BCUT2D eigenvalue weighted by Crippen LogP contribution is 2.35. The number of benzene rings is 3. The number of rotatable bonds is 8. The fraction of sp³-hybridized carbons (Fsp3) is 0.259. The van der Waals surface area contributed by atoms with Crippen LogP contribution in [-0.2, 0) is 21.4 Å². The minimum atomic E-state index is -3.88. The van der Waals surface area contributed by atoms with Crippen LogP contribution < -0.4 is 9.64 Å². The Hall–Kier alpha value is -2.98. The van der Waals surface area contributed by atoms with Gasteiger partial charge in [-0.25, -0.2) is 13.4 Å². The summed E-state index contributed by atoms with van der Waals surface area (Å²) in [5.41, 5.74) is 1.68. The second kappa shape index (κ2) is 10.8. The number of carbonyl (C=O) groups is 1. The third kappa shape index (κ3) is 5.36. The van der Waals surface area contributed by atoms with Gasteiger partial charge in [0.25, 0.3) is 0 Å². The lowest BCUT2D eigenvalue weighted by Crippen LogP contribution is -2.47. The largest absolute Gasteiger partial charge is 0.494 e. The summed E-state index contributed by atoms with van der Waals surface area (Å²) in [5, 5.41) is 0.971. The second-order valence-electron chi connectivity index (χ2n) is 8.70. The summed E-state index contributed by atoms with van der Waals surface area (Å²) in [6.07, 6.45) is 1.04. The molecule has 4 aromatic rings. The molecule has 192 valence electrons. The molecule has 0 N–H and O–H groups in total. The van der Waals surface area contributed by atoms with Crippen molar-refractivity contribution >= 4 is 54.2 Å². The third-order valence-corrected chi connectivity index (χ3v) is 9.46. The van der Waals surface area contributed by atoms with E-state index in [0.717, 1.165) is 21.5 Å². The van der Waals surface area contributed by atoms with Gasteiger partial charge in [-0.3, -0.25) is 9.69 Å². The molecular formula is C27H26ClN3O4S2. The highest BCUT2D eigenvalue weighted by Gasteiger charge is 2.42. The smallest absolute Gasteiger partial charge is 0.247 e. The maximum absolute atomic E-state index is 14.1. The SMILES string of the molecule is CCOc1ccc2nc(N(Cc3ccccc3)C(=O)C3CCCN3S(=O)(=O)c3ccc(Cl)cc3)sc2c1. The Bertz CT molecular complexity index is 1510. The number of ether oxygens (including phenoxy) is 1. The van der Waals surface area contributed by atoms with E-state index in [1.165, 1.54) is 27.8 Å². The molecule has 0 saturated carbocycles. The lowest BCUT2D eigenvalue weighted by Gasteiger charge is -2.28. The number of fused-ring (bicyclic) bond motifs is 1. The first-order valence-corrected chi connectivity index (χ1v) is 14.7. The highest BCUT2D eigenvalue weighted by molar-refractivity contribution is 7.89. The first-order valence-electron chi connectivity index (χ1n) is 12.0. The van der Waals surface area contributed by atoms with Gasteiger partial charge < -0.3 is 4.74 Å². The Kier molecular flexibility index (Phi) is 7.48. The van der Waals surface area contributed by atoms with Gasteiger partial charge in [-0.15, -0.1) is 0 Å². The van der Waals surface area contributed by atoms with Crippen LogP contribution in [0.5, 0.6) is 5.75 Å². The van der Waals surface area contributed by atoms with Crippen molar-refractivity contribution < 1.29 is 17.9 Å². The van der Waals surface area contributed by atoms with Crippen LogP contribution >= 0.6 is 22.9 Å². The minimum absolute atomic E-state index is 0.120. The lowest BCUT2D eigenvalue weighted by molar-refractivity contribution is -0.121. The van der Waals surface area contributed by atoms with E-state index in [4.69, 9.17) is 21.3 Å². The molecule has 1 saturated heterocycles. The summed E-state index contributed by atoms with van der Waals surface area (Å²) >= 11 is 7.35. The summed E-state index contributed by atoms with van der Waals surface area (Å²) in [4.78, 5) is 20.6. The zero-order valence-electron chi connectivity index (χ0n) is 20.2. The zero-order valence-corrected chi connectivity index (χ0v) is 22.6. The summed E-state index contributed by atoms with van der Waals surface area (Å²) < 4.78 is 34.8. The molecule has 5 rings (SSSR count). The van der Waals surface area contributed by atoms with E-state index >= 15 is 0 Å². The molecule has 1 fully saturated rings. The van der Waals surface area contributed by atoms with Crippen molar-refractivity contribution in [2.75, 3.05) is 18.1 Å². The van der Waals surface area contributed by atoms with E-state index in [9.17, 15) is 13.2 Å². The number of hydrogen-bond donors (Lipinski definition) is 0. The molecule has 0 aliphatic carbocycles. The Morgan fingerprint density at radius 1 is 1.14 bits per heavy atom. The number of carbonyl (C=O) groups excluding carboxylic acids is 1. The molecule has 1 aromatic heterocycles. The lowest BCUT2D eigenvalue weighted by atomic mass is 10.1. The molecule has 2 heterocycles. The molecule has 1 aliphatic heterocycles. The molecule has 0 spiro atoms. The van der Waals surface area contributed by atoms with E-state index < -0.39 is 16.1 Å². The number of thiazole rings is 1. The Morgan fingerprint density at radius 3 is 2.62 bits per heavy atom. The summed E-state index contributed by atoms with van der Waals surface area (Å²) in [6.45, 7) is 3.03. The van der Waals surface area contributed by atoms with Crippen LogP contribution in [0.15, 0.2) is 77.7 Å². The summed E-state index contributed by atoms with van der Waals surface area (Å²) in [6, 6.07) is 20.5. The van der Waals surface area contributed by atoms with Gasteiger partial charge in [0.2, 0.25) is 15.9 Å². The van der Waals surface area contributed by atoms with Crippen LogP contribution in [0.1, 0.15) is 25.3 Å². The quantitative estimate of drug-likeness (QED) is 0.277. The van der Waals surface area contributed by atoms with Gasteiger partial charge in [-0.2, -0.15) is 4.31 Å². The van der Waals surface area contributed by atoms with Crippen molar-refractivity contribution in [1.29, 1.82) is 0 Å². The van der Waals surface area contributed by atoms with Crippen molar-refractivity contribution in [1.82, 2.24) is 9.29 Å². The van der Waals surface area contributed by atoms with E-state index in [2.05, 4.69) is 0 Å². The second-order valence-corrected chi connectivity index (χ2v) is 12.0. The van der Waals surface area contributed by atoms with Gasteiger partial charge in [0, 0.05) is 11.6 Å². The first-order chi connectivity index (χ1) is 17.9. The molecule has 0 bridgehead atoms. The van der Waals surface area contributed by atoms with Crippen molar-refractivity contribution in [3.63, 3.8) is 0 Å². The van der Waals surface area contributed by atoms with Crippen LogP contribution in [0, 0.1) is 0 Å². The number of hydrogen-bond acceptors (Lipinski definition) is 6. The average molecular weight is 556 g/mol. The highest BCUT2D eigenvalue weighted by atomic mass is 35.5. The minimum Gasteiger partial charge on any atom is -0.494 e. The van der Waals surface area contributed by atoms with E-state index in [0.29, 0.717) is 29.6 Å². The molecular weight excluding hydrogens is 530 g/mol. The zero-order chi connectivity index (χ0) is 26.0. The number of halogens is 1. The maximum Gasteiger partial charge on any atom is 0.247 e. The molecule has 1 aliphatic rings. The standard InChI is InChI=1S/C27H26ClN3O4S2/c1-2-35-21-12-15-23-25(17-21)36-27(29-23)30(18-19-7-4-3-5-8-19)26(32)24-9-6-16-31(24)37(33,34)22-13-10-20(28)11-14-22/h3-5,7-8,10-15,17,24H,2,6,9,16,18H2,1H3. The molecule has 7 nitrogen and oxygen atoms in total. The van der Waals surface area contributed by atoms with Crippen molar-refractivity contribution in [2.45, 2.75) is 37.2 Å². The predicted molar refractivity (Wildman–Crippen MR) is 147 cm³/mol. The first kappa shape index (κ1) is 25.7. The molecule has 10 heteroatoms. The van der Waals surface area contributed by atoms with Crippen LogP contribution in [0.3, 0.4) is 0 Å². The fourth-order valence-electron chi connectivity index (χ4n) is 4.47. The molecule has 3 aromatic carbocycles. The predicted octanol–water partition coefficient (Wildman–Crippen LogP) is 5.73. The van der Waals surface area contributed by atoms with Crippen molar-refractivity contribution in [3.8, 4) is 5.75 Å². The van der Waals surface area contributed by atoms with Crippen LogP contribution in [-0.4, -0.2) is 42.8 Å². The Balaban J connectivity index is 1.51. The van der Waals surface area contributed by atoms with Crippen LogP contribution in [0.4, 0.5) is 5.13 Å². The number of amides is 1. The topological polar surface area (TPSA) is 79.8 Å². The molecule has 1 atom stereocenters.